The van der Waals surface area contributed by atoms with Crippen LogP contribution >= 0.6 is 15.9 Å². The number of nitrogens with one attached hydrogen (secondary N) is 2. The SMILES string of the molecule is Cc1ccccc1NCC(=O)NN=Cc1cc(Br)ccc1OC(=O)c1ccccc1. The zero-order valence-corrected chi connectivity index (χ0v) is 17.8. The summed E-state index contributed by atoms with van der Waals surface area (Å²) in [6, 6.07) is 21.6. The molecular formula is C23H20BrN3O3. The predicted octanol–water partition coefficient (Wildman–Crippen LogP) is 4.54. The largest absolute Gasteiger partial charge is 0.422 e. The summed E-state index contributed by atoms with van der Waals surface area (Å²) < 4.78 is 6.27. The van der Waals surface area contributed by atoms with Crippen molar-refractivity contribution in [2.24, 2.45) is 5.10 Å². The Morgan fingerprint density at radius 3 is 2.53 bits per heavy atom. The van der Waals surface area contributed by atoms with Crippen molar-refractivity contribution in [2.75, 3.05) is 11.9 Å². The van der Waals surface area contributed by atoms with Crippen molar-refractivity contribution in [3.8, 4) is 5.75 Å². The summed E-state index contributed by atoms with van der Waals surface area (Å²) in [6.45, 7) is 2.04. The van der Waals surface area contributed by atoms with E-state index in [0.717, 1.165) is 15.7 Å². The van der Waals surface area contributed by atoms with Crippen LogP contribution in [0.5, 0.6) is 5.75 Å². The number of carbonyl (C=O) groups is 2. The lowest BCUT2D eigenvalue weighted by atomic mass is 10.2. The Kier molecular flexibility index (Phi) is 7.34. The van der Waals surface area contributed by atoms with Crippen LogP contribution in [-0.2, 0) is 4.79 Å². The number of amides is 1. The molecule has 3 aromatic rings. The lowest BCUT2D eigenvalue weighted by molar-refractivity contribution is -0.119. The van der Waals surface area contributed by atoms with E-state index >= 15 is 0 Å². The third kappa shape index (κ3) is 6.02. The summed E-state index contributed by atoms with van der Waals surface area (Å²) in [6.07, 6.45) is 1.43. The quantitative estimate of drug-likeness (QED) is 0.232. The number of hydrazone groups is 1. The topological polar surface area (TPSA) is 79.8 Å². The van der Waals surface area contributed by atoms with Crippen molar-refractivity contribution in [3.05, 3.63) is 94.0 Å². The van der Waals surface area contributed by atoms with Crippen LogP contribution in [-0.4, -0.2) is 24.6 Å². The summed E-state index contributed by atoms with van der Waals surface area (Å²) in [5.74, 6) is -0.436. The van der Waals surface area contributed by atoms with Crippen LogP contribution in [0.4, 0.5) is 5.69 Å². The van der Waals surface area contributed by atoms with E-state index in [1.807, 2.05) is 37.3 Å². The molecule has 0 radical (unpaired) electrons. The van der Waals surface area contributed by atoms with Crippen LogP contribution < -0.4 is 15.5 Å². The van der Waals surface area contributed by atoms with E-state index in [9.17, 15) is 9.59 Å². The van der Waals surface area contributed by atoms with Crippen molar-refractivity contribution >= 4 is 39.7 Å². The molecule has 6 nitrogen and oxygen atoms in total. The fourth-order valence-corrected chi connectivity index (χ4v) is 2.99. The third-order valence-corrected chi connectivity index (χ3v) is 4.65. The molecule has 0 unspecified atom stereocenters. The summed E-state index contributed by atoms with van der Waals surface area (Å²) in [5.41, 5.74) is 5.39. The summed E-state index contributed by atoms with van der Waals surface area (Å²) >= 11 is 3.39. The highest BCUT2D eigenvalue weighted by atomic mass is 79.9. The average molecular weight is 466 g/mol. The number of hydrogen-bond acceptors (Lipinski definition) is 5. The molecule has 0 aromatic heterocycles. The maximum atomic E-state index is 12.3. The number of benzene rings is 3. The van der Waals surface area contributed by atoms with E-state index in [1.54, 1.807) is 42.5 Å². The molecule has 0 atom stereocenters. The molecule has 0 aliphatic rings. The van der Waals surface area contributed by atoms with Gasteiger partial charge in [-0.2, -0.15) is 5.10 Å². The highest BCUT2D eigenvalue weighted by Crippen LogP contribution is 2.23. The average Bonchev–Trinajstić information content (AvgIpc) is 2.75. The number of ether oxygens (including phenoxy) is 1. The summed E-state index contributed by atoms with van der Waals surface area (Å²) in [4.78, 5) is 24.4. The van der Waals surface area contributed by atoms with E-state index in [2.05, 4.69) is 31.8 Å². The van der Waals surface area contributed by atoms with Gasteiger partial charge in [-0.3, -0.25) is 4.79 Å². The smallest absolute Gasteiger partial charge is 0.343 e. The van der Waals surface area contributed by atoms with Crippen LogP contribution in [0.3, 0.4) is 0 Å². The maximum Gasteiger partial charge on any atom is 0.343 e. The minimum atomic E-state index is -0.473. The van der Waals surface area contributed by atoms with E-state index in [-0.39, 0.29) is 12.5 Å². The Morgan fingerprint density at radius 2 is 1.77 bits per heavy atom. The minimum Gasteiger partial charge on any atom is -0.422 e. The molecule has 30 heavy (non-hydrogen) atoms. The standard InChI is InChI=1S/C23H20BrN3O3/c1-16-7-5-6-10-20(16)25-15-22(28)27-26-14-18-13-19(24)11-12-21(18)30-23(29)17-8-3-2-4-9-17/h2-14,25H,15H2,1H3,(H,27,28). The molecule has 0 spiro atoms. The fraction of sp³-hybridized carbons (Fsp3) is 0.0870. The lowest BCUT2D eigenvalue weighted by Crippen LogP contribution is -2.26. The Labute approximate surface area is 183 Å². The van der Waals surface area contributed by atoms with Gasteiger partial charge in [-0.1, -0.05) is 52.3 Å². The van der Waals surface area contributed by atoms with Gasteiger partial charge in [0.05, 0.1) is 18.3 Å². The Bertz CT molecular complexity index is 1070. The summed E-state index contributed by atoms with van der Waals surface area (Å²) in [7, 11) is 0. The molecule has 0 saturated carbocycles. The number of para-hydroxylation sites is 1. The number of rotatable bonds is 7. The number of esters is 1. The van der Waals surface area contributed by atoms with Crippen molar-refractivity contribution in [3.63, 3.8) is 0 Å². The number of aryl methyl sites for hydroxylation is 1. The zero-order chi connectivity index (χ0) is 21.3. The molecule has 0 fully saturated rings. The first-order chi connectivity index (χ1) is 14.5. The van der Waals surface area contributed by atoms with Gasteiger partial charge in [0.15, 0.2) is 0 Å². The highest BCUT2D eigenvalue weighted by molar-refractivity contribution is 9.10. The maximum absolute atomic E-state index is 12.3. The minimum absolute atomic E-state index is 0.0799. The van der Waals surface area contributed by atoms with Crippen molar-refractivity contribution in [2.45, 2.75) is 6.92 Å². The first-order valence-electron chi connectivity index (χ1n) is 9.21. The highest BCUT2D eigenvalue weighted by Gasteiger charge is 2.11. The zero-order valence-electron chi connectivity index (χ0n) is 16.3. The van der Waals surface area contributed by atoms with E-state index in [4.69, 9.17) is 4.74 Å². The Morgan fingerprint density at radius 1 is 1.03 bits per heavy atom. The van der Waals surface area contributed by atoms with E-state index in [0.29, 0.717) is 16.9 Å². The van der Waals surface area contributed by atoms with Crippen molar-refractivity contribution in [1.82, 2.24) is 5.43 Å². The van der Waals surface area contributed by atoms with Gasteiger partial charge < -0.3 is 10.1 Å². The van der Waals surface area contributed by atoms with Crippen LogP contribution in [0.15, 0.2) is 82.4 Å². The predicted molar refractivity (Wildman–Crippen MR) is 121 cm³/mol. The number of anilines is 1. The van der Waals surface area contributed by atoms with Crippen molar-refractivity contribution in [1.29, 1.82) is 0 Å². The van der Waals surface area contributed by atoms with Crippen LogP contribution in [0, 0.1) is 6.92 Å². The van der Waals surface area contributed by atoms with Gasteiger partial charge in [0.1, 0.15) is 5.75 Å². The molecule has 2 N–H and O–H groups in total. The number of nitrogens with zero attached hydrogens (tertiary/aromatic N) is 1. The van der Waals surface area contributed by atoms with Crippen LogP contribution in [0.2, 0.25) is 0 Å². The number of carbonyl (C=O) groups excluding carboxylic acids is 2. The second-order valence-electron chi connectivity index (χ2n) is 6.40. The normalized spacial score (nSPS) is 10.6. The lowest BCUT2D eigenvalue weighted by Gasteiger charge is -2.09. The second-order valence-corrected chi connectivity index (χ2v) is 7.32. The number of halogens is 1. The second kappa shape index (κ2) is 10.4. The van der Waals surface area contributed by atoms with Gasteiger partial charge in [0.2, 0.25) is 0 Å². The van der Waals surface area contributed by atoms with Gasteiger partial charge in [0, 0.05) is 15.7 Å². The summed E-state index contributed by atoms with van der Waals surface area (Å²) in [5, 5.41) is 7.04. The molecular weight excluding hydrogens is 446 g/mol. The van der Waals surface area contributed by atoms with Gasteiger partial charge in [-0.05, 0) is 48.9 Å². The first kappa shape index (κ1) is 21.3. The monoisotopic (exact) mass is 465 g/mol. The molecule has 0 saturated heterocycles. The van der Waals surface area contributed by atoms with Gasteiger partial charge in [-0.15, -0.1) is 0 Å². The third-order valence-electron chi connectivity index (χ3n) is 4.16. The molecule has 7 heteroatoms. The van der Waals surface area contributed by atoms with Gasteiger partial charge >= 0.3 is 5.97 Å². The molecule has 0 aliphatic carbocycles. The molecule has 0 heterocycles. The Hall–Kier alpha value is -3.45. The van der Waals surface area contributed by atoms with Crippen molar-refractivity contribution < 1.29 is 14.3 Å². The molecule has 3 rings (SSSR count). The molecule has 152 valence electrons. The van der Waals surface area contributed by atoms with E-state index < -0.39 is 5.97 Å². The molecule has 1 amide bonds. The van der Waals surface area contributed by atoms with Gasteiger partial charge in [0.25, 0.3) is 5.91 Å². The molecule has 0 bridgehead atoms. The Balaban J connectivity index is 1.62. The van der Waals surface area contributed by atoms with Crippen LogP contribution in [0.25, 0.3) is 0 Å². The fourth-order valence-electron chi connectivity index (χ4n) is 2.61. The first-order valence-corrected chi connectivity index (χ1v) is 10.0. The van der Waals surface area contributed by atoms with E-state index in [1.165, 1.54) is 6.21 Å². The van der Waals surface area contributed by atoms with Crippen LogP contribution in [0.1, 0.15) is 21.5 Å². The molecule has 0 aliphatic heterocycles. The number of hydrogen-bond donors (Lipinski definition) is 2. The molecule has 3 aromatic carbocycles. The van der Waals surface area contributed by atoms with Gasteiger partial charge in [-0.25, -0.2) is 10.2 Å².